The van der Waals surface area contributed by atoms with E-state index in [-0.39, 0.29) is 0 Å². The van der Waals surface area contributed by atoms with Crippen molar-refractivity contribution in [1.29, 1.82) is 0 Å². The number of nitrogens with zero attached hydrogens (tertiary/aromatic N) is 2. The summed E-state index contributed by atoms with van der Waals surface area (Å²) < 4.78 is 12.6. The van der Waals surface area contributed by atoms with Crippen LogP contribution in [0.2, 0.25) is 0 Å². The lowest BCUT2D eigenvalue weighted by molar-refractivity contribution is 0.290. The average molecular weight is 232 g/mol. The van der Waals surface area contributed by atoms with Crippen LogP contribution in [0.4, 0.5) is 0 Å². The second kappa shape index (κ2) is 5.39. The second-order valence-electron chi connectivity index (χ2n) is 3.80. The lowest BCUT2D eigenvalue weighted by atomic mass is 10.3. The highest BCUT2D eigenvalue weighted by atomic mass is 16.5. The molecule has 90 valence electrons. The van der Waals surface area contributed by atoms with Crippen LogP contribution in [0.25, 0.3) is 0 Å². The first-order chi connectivity index (χ1) is 8.28. The highest BCUT2D eigenvalue weighted by Gasteiger charge is 1.97. The van der Waals surface area contributed by atoms with Gasteiger partial charge in [0.1, 0.15) is 18.1 Å². The van der Waals surface area contributed by atoms with Gasteiger partial charge in [0, 0.05) is 6.20 Å². The number of benzene rings is 1. The molecule has 4 heteroatoms. The molecule has 1 heterocycles. The van der Waals surface area contributed by atoms with Gasteiger partial charge < -0.3 is 9.47 Å². The summed E-state index contributed by atoms with van der Waals surface area (Å²) in [5.74, 6) is 1.68. The normalized spacial score (nSPS) is 10.2. The first kappa shape index (κ1) is 11.5. The van der Waals surface area contributed by atoms with E-state index in [2.05, 4.69) is 5.10 Å². The smallest absolute Gasteiger partial charge is 0.119 e. The number of ether oxygens (including phenoxy) is 2. The van der Waals surface area contributed by atoms with Crippen molar-refractivity contribution in [3.05, 3.63) is 42.2 Å². The van der Waals surface area contributed by atoms with Crippen molar-refractivity contribution >= 4 is 0 Å². The zero-order valence-corrected chi connectivity index (χ0v) is 10.1. The van der Waals surface area contributed by atoms with Gasteiger partial charge in [0.05, 0.1) is 19.9 Å². The second-order valence-corrected chi connectivity index (χ2v) is 3.80. The molecule has 0 radical (unpaired) electrons. The van der Waals surface area contributed by atoms with E-state index in [1.54, 1.807) is 7.11 Å². The van der Waals surface area contributed by atoms with Gasteiger partial charge in [0.15, 0.2) is 0 Å². The van der Waals surface area contributed by atoms with Gasteiger partial charge >= 0.3 is 0 Å². The van der Waals surface area contributed by atoms with E-state index in [1.165, 1.54) is 0 Å². The van der Waals surface area contributed by atoms with E-state index >= 15 is 0 Å². The summed E-state index contributed by atoms with van der Waals surface area (Å²) in [7, 11) is 1.65. The molecule has 1 aromatic carbocycles. The summed E-state index contributed by atoms with van der Waals surface area (Å²) in [5.41, 5.74) is 1.16. The Kier molecular flexibility index (Phi) is 3.65. The minimum Gasteiger partial charge on any atom is -0.497 e. The summed E-state index contributed by atoms with van der Waals surface area (Å²) >= 11 is 0. The van der Waals surface area contributed by atoms with E-state index in [0.717, 1.165) is 23.6 Å². The Hall–Kier alpha value is -1.97. The van der Waals surface area contributed by atoms with Gasteiger partial charge in [-0.25, -0.2) is 0 Å². The molecular weight excluding hydrogens is 216 g/mol. The summed E-state index contributed by atoms with van der Waals surface area (Å²) in [5, 5.41) is 4.19. The van der Waals surface area contributed by atoms with E-state index in [0.29, 0.717) is 6.61 Å². The zero-order chi connectivity index (χ0) is 12.1. The van der Waals surface area contributed by atoms with Crippen LogP contribution >= 0.6 is 0 Å². The standard InChI is InChI=1S/C13H16N2O2/c1-11-9-14-15(10-11)7-8-17-13-5-3-12(16-2)4-6-13/h3-6,9-10H,7-8H2,1-2H3. The van der Waals surface area contributed by atoms with Crippen molar-refractivity contribution in [2.24, 2.45) is 0 Å². The first-order valence-corrected chi connectivity index (χ1v) is 5.54. The molecule has 0 amide bonds. The van der Waals surface area contributed by atoms with Gasteiger partial charge in [-0.3, -0.25) is 4.68 Å². The highest BCUT2D eigenvalue weighted by molar-refractivity contribution is 5.31. The molecule has 0 N–H and O–H groups in total. The van der Waals surface area contributed by atoms with Gasteiger partial charge in [0.25, 0.3) is 0 Å². The highest BCUT2D eigenvalue weighted by Crippen LogP contribution is 2.16. The third kappa shape index (κ3) is 3.24. The Labute approximate surface area is 101 Å². The largest absolute Gasteiger partial charge is 0.497 e. The van der Waals surface area contributed by atoms with Crippen LogP contribution < -0.4 is 9.47 Å². The molecule has 1 aromatic heterocycles. The topological polar surface area (TPSA) is 36.3 Å². The van der Waals surface area contributed by atoms with Crippen molar-refractivity contribution in [3.8, 4) is 11.5 Å². The summed E-state index contributed by atoms with van der Waals surface area (Å²) in [6.45, 7) is 3.38. The van der Waals surface area contributed by atoms with Crippen molar-refractivity contribution in [2.45, 2.75) is 13.5 Å². The molecule has 2 aromatic rings. The van der Waals surface area contributed by atoms with Gasteiger partial charge in [0.2, 0.25) is 0 Å². The quantitative estimate of drug-likeness (QED) is 0.793. The van der Waals surface area contributed by atoms with E-state index in [1.807, 2.05) is 48.3 Å². The number of aryl methyl sites for hydroxylation is 1. The Bertz CT molecular complexity index is 463. The molecule has 2 rings (SSSR count). The summed E-state index contributed by atoms with van der Waals surface area (Å²) in [6, 6.07) is 7.56. The van der Waals surface area contributed by atoms with E-state index < -0.39 is 0 Å². The van der Waals surface area contributed by atoms with Crippen LogP contribution in [0.1, 0.15) is 5.56 Å². The van der Waals surface area contributed by atoms with Crippen LogP contribution in [0.5, 0.6) is 11.5 Å². The first-order valence-electron chi connectivity index (χ1n) is 5.54. The molecule has 0 aliphatic rings. The van der Waals surface area contributed by atoms with Crippen LogP contribution in [-0.4, -0.2) is 23.5 Å². The predicted molar refractivity (Wildman–Crippen MR) is 65.5 cm³/mol. The van der Waals surface area contributed by atoms with Crippen molar-refractivity contribution in [2.75, 3.05) is 13.7 Å². The number of aromatic nitrogens is 2. The number of rotatable bonds is 5. The average Bonchev–Trinajstić information content (AvgIpc) is 2.76. The molecule has 17 heavy (non-hydrogen) atoms. The summed E-state index contributed by atoms with van der Waals surface area (Å²) in [6.07, 6.45) is 3.84. The lowest BCUT2D eigenvalue weighted by Crippen LogP contribution is -2.08. The zero-order valence-electron chi connectivity index (χ0n) is 10.1. The lowest BCUT2D eigenvalue weighted by Gasteiger charge is -2.07. The van der Waals surface area contributed by atoms with Crippen LogP contribution in [0.15, 0.2) is 36.7 Å². The fourth-order valence-corrected chi connectivity index (χ4v) is 1.52. The van der Waals surface area contributed by atoms with Crippen molar-refractivity contribution < 1.29 is 9.47 Å². The third-order valence-corrected chi connectivity index (χ3v) is 2.41. The summed E-state index contributed by atoms with van der Waals surface area (Å²) in [4.78, 5) is 0. The Morgan fingerprint density at radius 1 is 1.18 bits per heavy atom. The molecule has 4 nitrogen and oxygen atoms in total. The maximum Gasteiger partial charge on any atom is 0.119 e. The molecule has 0 unspecified atom stereocenters. The van der Waals surface area contributed by atoms with Crippen LogP contribution in [0, 0.1) is 6.92 Å². The van der Waals surface area contributed by atoms with E-state index in [9.17, 15) is 0 Å². The fourth-order valence-electron chi connectivity index (χ4n) is 1.52. The Morgan fingerprint density at radius 3 is 2.47 bits per heavy atom. The molecule has 0 saturated heterocycles. The fraction of sp³-hybridized carbons (Fsp3) is 0.308. The Balaban J connectivity index is 1.81. The SMILES string of the molecule is COc1ccc(OCCn2cc(C)cn2)cc1. The maximum atomic E-state index is 5.60. The molecule has 0 atom stereocenters. The monoisotopic (exact) mass is 232 g/mol. The van der Waals surface area contributed by atoms with E-state index in [4.69, 9.17) is 9.47 Å². The number of hydrogen-bond acceptors (Lipinski definition) is 3. The third-order valence-electron chi connectivity index (χ3n) is 2.41. The van der Waals surface area contributed by atoms with Crippen molar-refractivity contribution in [3.63, 3.8) is 0 Å². The molecule has 0 saturated carbocycles. The van der Waals surface area contributed by atoms with Gasteiger partial charge in [-0.05, 0) is 36.8 Å². The molecule has 0 fully saturated rings. The predicted octanol–water partition coefficient (Wildman–Crippen LogP) is 2.28. The molecule has 0 aliphatic carbocycles. The number of methoxy groups -OCH3 is 1. The van der Waals surface area contributed by atoms with Crippen molar-refractivity contribution in [1.82, 2.24) is 9.78 Å². The molecule has 0 spiro atoms. The van der Waals surface area contributed by atoms with Crippen LogP contribution in [0.3, 0.4) is 0 Å². The molecular formula is C13H16N2O2. The van der Waals surface area contributed by atoms with Gasteiger partial charge in [-0.1, -0.05) is 0 Å². The maximum absolute atomic E-state index is 5.60. The number of hydrogen-bond donors (Lipinski definition) is 0. The Morgan fingerprint density at radius 2 is 1.88 bits per heavy atom. The minimum absolute atomic E-state index is 0.605. The van der Waals surface area contributed by atoms with Crippen LogP contribution in [-0.2, 0) is 6.54 Å². The minimum atomic E-state index is 0.605. The van der Waals surface area contributed by atoms with Gasteiger partial charge in [-0.2, -0.15) is 5.10 Å². The molecule has 0 aliphatic heterocycles. The van der Waals surface area contributed by atoms with Gasteiger partial charge in [-0.15, -0.1) is 0 Å². The molecule has 0 bridgehead atoms.